The SMILES string of the molecule is O=C1C(CSCc2ccccc2)NC(=S)N1c1cccc(C(F)(F)F)c1. The van der Waals surface area contributed by atoms with E-state index in [9.17, 15) is 18.0 Å². The van der Waals surface area contributed by atoms with E-state index in [0.29, 0.717) is 5.75 Å². The molecule has 2 aromatic carbocycles. The fourth-order valence-corrected chi connectivity index (χ4v) is 3.92. The molecule has 1 saturated heterocycles. The molecule has 0 aliphatic carbocycles. The van der Waals surface area contributed by atoms with Gasteiger partial charge in [0.15, 0.2) is 5.11 Å². The third-order valence-electron chi connectivity index (χ3n) is 3.85. The van der Waals surface area contributed by atoms with Gasteiger partial charge in [0.1, 0.15) is 6.04 Å². The standard InChI is InChI=1S/C18H15F3N2OS2/c19-18(20,21)13-7-4-8-14(9-13)23-16(24)15(22-17(23)25)11-26-10-12-5-2-1-3-6-12/h1-9,15H,10-11H2,(H,22,25). The zero-order valence-corrected chi connectivity index (χ0v) is 15.1. The Bertz CT molecular complexity index is 812. The van der Waals surface area contributed by atoms with Crippen molar-refractivity contribution in [2.45, 2.75) is 18.0 Å². The molecule has 2 aromatic rings. The summed E-state index contributed by atoms with van der Waals surface area (Å²) in [7, 11) is 0. The van der Waals surface area contributed by atoms with Gasteiger partial charge >= 0.3 is 6.18 Å². The number of nitrogens with one attached hydrogen (secondary N) is 1. The Labute approximate surface area is 158 Å². The number of hydrogen-bond acceptors (Lipinski definition) is 3. The summed E-state index contributed by atoms with van der Waals surface area (Å²) in [5.41, 5.74) is 0.450. The van der Waals surface area contributed by atoms with E-state index >= 15 is 0 Å². The van der Waals surface area contributed by atoms with Crippen LogP contribution >= 0.6 is 24.0 Å². The molecule has 1 atom stereocenters. The van der Waals surface area contributed by atoms with Crippen LogP contribution in [-0.2, 0) is 16.7 Å². The summed E-state index contributed by atoms with van der Waals surface area (Å²) in [6.45, 7) is 0. The molecule has 3 nitrogen and oxygen atoms in total. The topological polar surface area (TPSA) is 32.3 Å². The number of anilines is 1. The minimum atomic E-state index is -4.47. The Balaban J connectivity index is 1.67. The summed E-state index contributed by atoms with van der Waals surface area (Å²) >= 11 is 6.73. The predicted octanol–water partition coefficient (Wildman–Crippen LogP) is 4.23. The lowest BCUT2D eigenvalue weighted by atomic mass is 10.2. The Kier molecular flexibility index (Phi) is 5.52. The van der Waals surface area contributed by atoms with Crippen LogP contribution < -0.4 is 10.2 Å². The summed E-state index contributed by atoms with van der Waals surface area (Å²) in [6.07, 6.45) is -4.47. The number of halogens is 3. The summed E-state index contributed by atoms with van der Waals surface area (Å²) in [6, 6.07) is 13.9. The third-order valence-corrected chi connectivity index (χ3v) is 5.25. The minimum Gasteiger partial charge on any atom is -0.349 e. The third kappa shape index (κ3) is 4.19. The Morgan fingerprint density at radius 1 is 1.12 bits per heavy atom. The molecule has 1 aliphatic rings. The molecule has 1 amide bonds. The van der Waals surface area contributed by atoms with Gasteiger partial charge in [-0.25, -0.2) is 0 Å². The quantitative estimate of drug-likeness (QED) is 0.767. The largest absolute Gasteiger partial charge is 0.416 e. The Morgan fingerprint density at radius 2 is 1.85 bits per heavy atom. The molecule has 136 valence electrons. The monoisotopic (exact) mass is 396 g/mol. The molecule has 1 aliphatic heterocycles. The molecule has 26 heavy (non-hydrogen) atoms. The number of nitrogens with zero attached hydrogens (tertiary/aromatic N) is 1. The number of thioether (sulfide) groups is 1. The molecule has 0 spiro atoms. The van der Waals surface area contributed by atoms with E-state index in [2.05, 4.69) is 5.32 Å². The molecule has 3 rings (SSSR count). The number of carbonyl (C=O) groups excluding carboxylic acids is 1. The van der Waals surface area contributed by atoms with Gasteiger partial charge in [0.05, 0.1) is 11.3 Å². The molecule has 0 bridgehead atoms. The predicted molar refractivity (Wildman–Crippen MR) is 101 cm³/mol. The second-order valence-corrected chi connectivity index (χ2v) is 7.14. The van der Waals surface area contributed by atoms with E-state index < -0.39 is 17.8 Å². The molecule has 1 fully saturated rings. The van der Waals surface area contributed by atoms with E-state index in [0.717, 1.165) is 28.3 Å². The fraction of sp³-hybridized carbons (Fsp3) is 0.222. The smallest absolute Gasteiger partial charge is 0.349 e. The van der Waals surface area contributed by atoms with Gasteiger partial charge in [-0.1, -0.05) is 36.4 Å². The fourth-order valence-electron chi connectivity index (χ4n) is 2.58. The molecule has 1 unspecified atom stereocenters. The maximum absolute atomic E-state index is 12.9. The van der Waals surface area contributed by atoms with Crippen molar-refractivity contribution in [3.8, 4) is 0 Å². The van der Waals surface area contributed by atoms with Crippen LogP contribution in [0.2, 0.25) is 0 Å². The minimum absolute atomic E-state index is 0.123. The van der Waals surface area contributed by atoms with E-state index in [1.807, 2.05) is 30.3 Å². The van der Waals surface area contributed by atoms with Gasteiger partial charge in [0.25, 0.3) is 5.91 Å². The average molecular weight is 396 g/mol. The summed E-state index contributed by atoms with van der Waals surface area (Å²) in [4.78, 5) is 13.7. The van der Waals surface area contributed by atoms with Crippen LogP contribution in [0.4, 0.5) is 18.9 Å². The molecular formula is C18H15F3N2OS2. The molecular weight excluding hydrogens is 381 g/mol. The first-order chi connectivity index (χ1) is 12.4. The molecule has 0 saturated carbocycles. The van der Waals surface area contributed by atoms with Crippen LogP contribution in [0.5, 0.6) is 0 Å². The zero-order chi connectivity index (χ0) is 18.7. The van der Waals surface area contributed by atoms with Gasteiger partial charge in [-0.05, 0) is 36.0 Å². The van der Waals surface area contributed by atoms with Gasteiger partial charge in [-0.3, -0.25) is 9.69 Å². The number of hydrogen-bond donors (Lipinski definition) is 1. The summed E-state index contributed by atoms with van der Waals surface area (Å²) < 4.78 is 38.7. The first-order valence-corrected chi connectivity index (χ1v) is 9.36. The Hall–Kier alpha value is -2.06. The van der Waals surface area contributed by atoms with Crippen molar-refractivity contribution in [3.05, 3.63) is 65.7 Å². The van der Waals surface area contributed by atoms with Crippen LogP contribution in [0.15, 0.2) is 54.6 Å². The molecule has 0 radical (unpaired) electrons. The van der Waals surface area contributed by atoms with Gasteiger partial charge < -0.3 is 5.32 Å². The highest BCUT2D eigenvalue weighted by atomic mass is 32.2. The molecule has 8 heteroatoms. The van der Waals surface area contributed by atoms with Crippen LogP contribution in [0, 0.1) is 0 Å². The van der Waals surface area contributed by atoms with E-state index in [-0.39, 0.29) is 16.7 Å². The average Bonchev–Trinajstić information content (AvgIpc) is 2.89. The van der Waals surface area contributed by atoms with E-state index in [1.54, 1.807) is 11.8 Å². The first-order valence-electron chi connectivity index (χ1n) is 7.79. The van der Waals surface area contributed by atoms with Crippen molar-refractivity contribution in [3.63, 3.8) is 0 Å². The second kappa shape index (κ2) is 7.67. The van der Waals surface area contributed by atoms with Gasteiger partial charge in [-0.15, -0.1) is 0 Å². The summed E-state index contributed by atoms with van der Waals surface area (Å²) in [5.74, 6) is 0.876. The second-order valence-electron chi connectivity index (χ2n) is 5.72. The highest BCUT2D eigenvalue weighted by Gasteiger charge is 2.37. The lowest BCUT2D eigenvalue weighted by molar-refractivity contribution is -0.137. The summed E-state index contributed by atoms with van der Waals surface area (Å²) in [5, 5.41) is 3.03. The normalized spacial score (nSPS) is 17.5. The lowest BCUT2D eigenvalue weighted by Gasteiger charge is -2.16. The number of benzene rings is 2. The number of carbonyl (C=O) groups is 1. The maximum Gasteiger partial charge on any atom is 0.416 e. The maximum atomic E-state index is 12.9. The van der Waals surface area contributed by atoms with Crippen molar-refractivity contribution in [2.24, 2.45) is 0 Å². The van der Waals surface area contributed by atoms with Gasteiger partial charge in [0.2, 0.25) is 0 Å². The van der Waals surface area contributed by atoms with Crippen molar-refractivity contribution in [2.75, 3.05) is 10.7 Å². The highest BCUT2D eigenvalue weighted by molar-refractivity contribution is 7.98. The van der Waals surface area contributed by atoms with Gasteiger partial charge in [-0.2, -0.15) is 24.9 Å². The molecule has 1 heterocycles. The van der Waals surface area contributed by atoms with E-state index in [4.69, 9.17) is 12.2 Å². The number of amides is 1. The van der Waals surface area contributed by atoms with Crippen molar-refractivity contribution >= 4 is 40.7 Å². The van der Waals surface area contributed by atoms with E-state index in [1.165, 1.54) is 12.1 Å². The lowest BCUT2D eigenvalue weighted by Crippen LogP contribution is -2.32. The number of rotatable bonds is 5. The number of thiocarbonyl (C=S) groups is 1. The van der Waals surface area contributed by atoms with Crippen LogP contribution in [0.3, 0.4) is 0 Å². The first kappa shape index (κ1) is 18.7. The van der Waals surface area contributed by atoms with Crippen molar-refractivity contribution < 1.29 is 18.0 Å². The highest BCUT2D eigenvalue weighted by Crippen LogP contribution is 2.32. The number of alkyl halides is 3. The van der Waals surface area contributed by atoms with Crippen LogP contribution in [0.25, 0.3) is 0 Å². The molecule has 0 aromatic heterocycles. The Morgan fingerprint density at radius 3 is 2.54 bits per heavy atom. The van der Waals surface area contributed by atoms with Gasteiger partial charge in [0, 0.05) is 11.5 Å². The van der Waals surface area contributed by atoms with Crippen molar-refractivity contribution in [1.82, 2.24) is 5.32 Å². The zero-order valence-electron chi connectivity index (χ0n) is 13.5. The molecule has 1 N–H and O–H groups in total. The van der Waals surface area contributed by atoms with Crippen LogP contribution in [-0.4, -0.2) is 22.8 Å². The van der Waals surface area contributed by atoms with Crippen LogP contribution in [0.1, 0.15) is 11.1 Å². The van der Waals surface area contributed by atoms with Crippen molar-refractivity contribution in [1.29, 1.82) is 0 Å².